The molecule has 1 spiro atoms. The van der Waals surface area contributed by atoms with Crippen LogP contribution in [-0.4, -0.2) is 86.4 Å². The second-order valence-corrected chi connectivity index (χ2v) is 9.39. The number of aliphatic carboxylic acids is 2. The molecular formula is C21H22F6N4O5S. The van der Waals surface area contributed by atoms with E-state index in [9.17, 15) is 31.1 Å². The Kier molecular flexibility index (Phi) is 9.60. The van der Waals surface area contributed by atoms with Gasteiger partial charge in [-0.05, 0) is 25.5 Å². The molecule has 16 heteroatoms. The van der Waals surface area contributed by atoms with Gasteiger partial charge in [0.05, 0.1) is 16.3 Å². The van der Waals surface area contributed by atoms with Crippen molar-refractivity contribution in [1.82, 2.24) is 19.8 Å². The second kappa shape index (κ2) is 11.9. The number of hydrogen-bond donors (Lipinski definition) is 2. The average molecular weight is 556 g/mol. The van der Waals surface area contributed by atoms with Gasteiger partial charge in [-0.15, -0.1) is 11.3 Å². The van der Waals surface area contributed by atoms with Crippen molar-refractivity contribution in [3.05, 3.63) is 46.2 Å². The number of halogens is 6. The normalized spacial score (nSPS) is 16.7. The molecule has 37 heavy (non-hydrogen) atoms. The molecule has 0 aromatic carbocycles. The molecule has 2 aromatic rings. The van der Waals surface area contributed by atoms with Gasteiger partial charge >= 0.3 is 24.3 Å². The maximum absolute atomic E-state index is 12.5. The van der Waals surface area contributed by atoms with Crippen LogP contribution in [0.2, 0.25) is 0 Å². The molecule has 204 valence electrons. The minimum Gasteiger partial charge on any atom is -0.475 e. The van der Waals surface area contributed by atoms with Crippen LogP contribution >= 0.6 is 11.3 Å². The van der Waals surface area contributed by atoms with Gasteiger partial charge in [0.2, 0.25) is 0 Å². The highest BCUT2D eigenvalue weighted by atomic mass is 32.1. The molecule has 2 fully saturated rings. The van der Waals surface area contributed by atoms with Crippen molar-refractivity contribution < 1.29 is 50.9 Å². The van der Waals surface area contributed by atoms with Crippen molar-refractivity contribution in [3.63, 3.8) is 0 Å². The van der Waals surface area contributed by atoms with E-state index in [0.29, 0.717) is 11.0 Å². The Morgan fingerprint density at radius 3 is 2.05 bits per heavy atom. The van der Waals surface area contributed by atoms with E-state index >= 15 is 0 Å². The topological polar surface area (TPSA) is 124 Å². The summed E-state index contributed by atoms with van der Waals surface area (Å²) in [4.78, 5) is 43.3. The number of rotatable bonds is 3. The molecular weight excluding hydrogens is 534 g/mol. The minimum absolute atomic E-state index is 0.114. The van der Waals surface area contributed by atoms with Crippen LogP contribution in [0.4, 0.5) is 26.3 Å². The Bertz CT molecular complexity index is 1060. The summed E-state index contributed by atoms with van der Waals surface area (Å²) in [7, 11) is 0. The maximum atomic E-state index is 12.5. The molecule has 0 unspecified atom stereocenters. The van der Waals surface area contributed by atoms with E-state index in [-0.39, 0.29) is 5.91 Å². The smallest absolute Gasteiger partial charge is 0.475 e. The fraction of sp³-hybridized carbons (Fsp3) is 0.476. The Hall–Kier alpha value is -3.27. The lowest BCUT2D eigenvalue weighted by Gasteiger charge is -2.47. The summed E-state index contributed by atoms with van der Waals surface area (Å²) >= 11 is 1.71. The number of pyridine rings is 1. The highest BCUT2D eigenvalue weighted by molar-refractivity contribution is 7.09. The van der Waals surface area contributed by atoms with Crippen molar-refractivity contribution in [1.29, 1.82) is 0 Å². The van der Waals surface area contributed by atoms with Crippen LogP contribution in [0.15, 0.2) is 29.9 Å². The molecule has 4 heterocycles. The molecule has 9 nitrogen and oxygen atoms in total. The summed E-state index contributed by atoms with van der Waals surface area (Å²) in [5.41, 5.74) is 2.16. The summed E-state index contributed by atoms with van der Waals surface area (Å²) < 4.78 is 63.5. The number of alkyl halides is 6. The first-order valence-electron chi connectivity index (χ1n) is 10.5. The minimum atomic E-state index is -5.08. The van der Waals surface area contributed by atoms with Crippen molar-refractivity contribution in [3.8, 4) is 0 Å². The number of carboxylic acid groups (broad SMARTS) is 2. The first-order chi connectivity index (χ1) is 17.0. The van der Waals surface area contributed by atoms with Gasteiger partial charge in [0.1, 0.15) is 0 Å². The second-order valence-electron chi connectivity index (χ2n) is 8.33. The van der Waals surface area contributed by atoms with Gasteiger partial charge in [-0.1, -0.05) is 0 Å². The highest BCUT2D eigenvalue weighted by Crippen LogP contribution is 2.40. The summed E-state index contributed by atoms with van der Waals surface area (Å²) in [6.45, 7) is 6.85. The summed E-state index contributed by atoms with van der Waals surface area (Å²) in [5, 5.41) is 17.5. The lowest BCUT2D eigenvalue weighted by Crippen LogP contribution is -2.57. The standard InChI is InChI=1S/C17H20N4OS.2C2HF3O2/c1-13-19-15(9-23-13)8-20-10-17(11-20)4-6-21(12-17)16(22)14-3-2-5-18-7-14;2*3-2(4,5)1(6)7/h2-3,5,7,9H,4,6,8,10-12H2,1H3;2*(H,6,7). The van der Waals surface area contributed by atoms with Gasteiger partial charge in [0, 0.05) is 55.9 Å². The van der Waals surface area contributed by atoms with Crippen LogP contribution in [0.3, 0.4) is 0 Å². The van der Waals surface area contributed by atoms with E-state index in [2.05, 4.69) is 20.2 Å². The molecule has 1 amide bonds. The monoisotopic (exact) mass is 556 g/mol. The Balaban J connectivity index is 0.000000286. The van der Waals surface area contributed by atoms with Gasteiger partial charge < -0.3 is 15.1 Å². The zero-order valence-corrected chi connectivity index (χ0v) is 20.0. The van der Waals surface area contributed by atoms with E-state index < -0.39 is 24.3 Å². The highest BCUT2D eigenvalue weighted by Gasteiger charge is 2.48. The number of carbonyl (C=O) groups excluding carboxylic acids is 1. The van der Waals surface area contributed by atoms with E-state index in [4.69, 9.17) is 19.8 Å². The van der Waals surface area contributed by atoms with E-state index in [1.807, 2.05) is 24.0 Å². The van der Waals surface area contributed by atoms with Gasteiger partial charge in [0.25, 0.3) is 5.91 Å². The molecule has 0 saturated carbocycles. The van der Waals surface area contributed by atoms with Crippen LogP contribution in [0.25, 0.3) is 0 Å². The molecule has 2 aromatic heterocycles. The number of carbonyl (C=O) groups is 3. The first kappa shape index (κ1) is 30.0. The number of amides is 1. The van der Waals surface area contributed by atoms with Gasteiger partial charge in [-0.3, -0.25) is 14.7 Å². The average Bonchev–Trinajstić information content (AvgIpc) is 3.40. The van der Waals surface area contributed by atoms with E-state index in [0.717, 1.165) is 44.2 Å². The van der Waals surface area contributed by atoms with Gasteiger partial charge in [0.15, 0.2) is 0 Å². The van der Waals surface area contributed by atoms with E-state index in [1.165, 1.54) is 5.69 Å². The zero-order chi connectivity index (χ0) is 28.0. The third kappa shape index (κ3) is 8.96. The first-order valence-corrected chi connectivity index (χ1v) is 11.3. The Labute approximate surface area is 210 Å². The predicted molar refractivity (Wildman–Crippen MR) is 117 cm³/mol. The lowest BCUT2D eigenvalue weighted by molar-refractivity contribution is -0.193. The van der Waals surface area contributed by atoms with E-state index in [1.54, 1.807) is 23.7 Å². The van der Waals surface area contributed by atoms with Crippen LogP contribution in [0.5, 0.6) is 0 Å². The predicted octanol–water partition coefficient (Wildman–Crippen LogP) is 3.46. The molecule has 0 bridgehead atoms. The number of likely N-dealkylation sites (tertiary alicyclic amines) is 2. The number of hydrogen-bond acceptors (Lipinski definition) is 7. The Morgan fingerprint density at radius 2 is 1.62 bits per heavy atom. The van der Waals surface area contributed by atoms with Crippen LogP contribution < -0.4 is 0 Å². The Morgan fingerprint density at radius 1 is 1.05 bits per heavy atom. The molecule has 2 aliphatic heterocycles. The summed E-state index contributed by atoms with van der Waals surface area (Å²) in [5.74, 6) is -5.40. The van der Waals surface area contributed by atoms with Crippen LogP contribution in [-0.2, 0) is 16.1 Å². The zero-order valence-electron chi connectivity index (χ0n) is 19.2. The van der Waals surface area contributed by atoms with Crippen molar-refractivity contribution >= 4 is 29.2 Å². The van der Waals surface area contributed by atoms with Crippen LogP contribution in [0, 0.1) is 12.3 Å². The molecule has 0 atom stereocenters. The quantitative estimate of drug-likeness (QED) is 0.551. The maximum Gasteiger partial charge on any atom is 0.490 e. The fourth-order valence-corrected chi connectivity index (χ4v) is 4.37. The number of carboxylic acids is 2. The number of aryl methyl sites for hydroxylation is 1. The number of aromatic nitrogens is 2. The van der Waals surface area contributed by atoms with Crippen molar-refractivity contribution in [2.75, 3.05) is 26.2 Å². The molecule has 2 aliphatic rings. The SMILES string of the molecule is Cc1nc(CN2CC3(CCN(C(=O)c4cccnc4)C3)C2)cs1.O=C(O)C(F)(F)F.O=C(O)C(F)(F)F. The van der Waals surface area contributed by atoms with Crippen molar-refractivity contribution in [2.45, 2.75) is 32.2 Å². The molecule has 4 rings (SSSR count). The van der Waals surface area contributed by atoms with Crippen LogP contribution in [0.1, 0.15) is 27.5 Å². The van der Waals surface area contributed by atoms with Crippen molar-refractivity contribution in [2.24, 2.45) is 5.41 Å². The largest absolute Gasteiger partial charge is 0.490 e. The lowest BCUT2D eigenvalue weighted by atomic mass is 9.79. The third-order valence-electron chi connectivity index (χ3n) is 5.29. The molecule has 2 saturated heterocycles. The third-order valence-corrected chi connectivity index (χ3v) is 6.11. The van der Waals surface area contributed by atoms with Gasteiger partial charge in [-0.2, -0.15) is 26.3 Å². The van der Waals surface area contributed by atoms with Gasteiger partial charge in [-0.25, -0.2) is 14.6 Å². The number of nitrogens with zero attached hydrogens (tertiary/aromatic N) is 4. The molecule has 0 radical (unpaired) electrons. The molecule has 2 N–H and O–H groups in total. The summed E-state index contributed by atoms with van der Waals surface area (Å²) in [6.07, 6.45) is -5.71. The number of thiazole rings is 1. The summed E-state index contributed by atoms with van der Waals surface area (Å²) in [6, 6.07) is 3.66. The fourth-order valence-electron chi connectivity index (χ4n) is 3.76. The molecule has 0 aliphatic carbocycles.